The molecular formula is C23H16N4O. The van der Waals surface area contributed by atoms with Crippen molar-refractivity contribution >= 4 is 11.9 Å². The van der Waals surface area contributed by atoms with Crippen molar-refractivity contribution in [2.45, 2.75) is 0 Å². The number of hydrogen-bond donors (Lipinski definition) is 0. The van der Waals surface area contributed by atoms with Crippen LogP contribution in [0.1, 0.15) is 10.4 Å². The Morgan fingerprint density at radius 2 is 1.68 bits per heavy atom. The first kappa shape index (κ1) is 16.2. The fraction of sp³-hybridized carbons (Fsp3) is 0. The number of fused-ring (bicyclic) bond motifs is 1. The van der Waals surface area contributed by atoms with E-state index in [4.69, 9.17) is 0 Å². The van der Waals surface area contributed by atoms with Crippen LogP contribution in [0, 0.1) is 0 Å². The topological polar surface area (TPSA) is 52.2 Å². The summed E-state index contributed by atoms with van der Waals surface area (Å²) in [6.07, 6.45) is 8.45. The van der Waals surface area contributed by atoms with Crippen molar-refractivity contribution in [2.75, 3.05) is 0 Å². The largest absolute Gasteiger partial charge is 0.300 e. The summed E-state index contributed by atoms with van der Waals surface area (Å²) in [5, 5.41) is 4.30. The lowest BCUT2D eigenvalue weighted by molar-refractivity contribution is 0.112. The van der Waals surface area contributed by atoms with Crippen molar-refractivity contribution in [2.24, 2.45) is 0 Å². The number of imidazole rings is 1. The van der Waals surface area contributed by atoms with E-state index in [1.165, 1.54) is 0 Å². The van der Waals surface area contributed by atoms with Gasteiger partial charge in [-0.1, -0.05) is 30.3 Å². The smallest absolute Gasteiger partial charge is 0.150 e. The SMILES string of the molecule is O=Cc1cccc(-c2ccn3c(-c4cccc(-n5cccn5)c4)cnc3c2)c1. The summed E-state index contributed by atoms with van der Waals surface area (Å²) in [6.45, 7) is 0. The normalized spacial score (nSPS) is 11.0. The van der Waals surface area contributed by atoms with Crippen LogP contribution in [0.5, 0.6) is 0 Å². The molecule has 134 valence electrons. The Bertz CT molecular complexity index is 1290. The first-order valence-corrected chi connectivity index (χ1v) is 8.95. The van der Waals surface area contributed by atoms with Gasteiger partial charge in [-0.05, 0) is 47.5 Å². The Kier molecular flexibility index (Phi) is 3.84. The highest BCUT2D eigenvalue weighted by Crippen LogP contribution is 2.26. The number of aldehydes is 1. The second-order valence-electron chi connectivity index (χ2n) is 6.53. The third-order valence-corrected chi connectivity index (χ3v) is 4.78. The summed E-state index contributed by atoms with van der Waals surface area (Å²) in [5.41, 5.74) is 6.62. The predicted molar refractivity (Wildman–Crippen MR) is 109 cm³/mol. The number of hydrogen-bond acceptors (Lipinski definition) is 3. The first-order valence-electron chi connectivity index (χ1n) is 8.95. The fourth-order valence-electron chi connectivity index (χ4n) is 3.39. The molecule has 5 heteroatoms. The van der Waals surface area contributed by atoms with E-state index in [1.807, 2.05) is 71.8 Å². The second kappa shape index (κ2) is 6.63. The van der Waals surface area contributed by atoms with Crippen molar-refractivity contribution in [3.05, 3.63) is 97.1 Å². The van der Waals surface area contributed by atoms with Crippen LogP contribution < -0.4 is 0 Å². The third kappa shape index (κ3) is 2.79. The molecule has 5 rings (SSSR count). The van der Waals surface area contributed by atoms with E-state index in [9.17, 15) is 4.79 Å². The molecule has 0 saturated carbocycles. The van der Waals surface area contributed by atoms with Gasteiger partial charge in [0.15, 0.2) is 0 Å². The van der Waals surface area contributed by atoms with Crippen LogP contribution in [-0.4, -0.2) is 25.5 Å². The zero-order chi connectivity index (χ0) is 18.9. The molecule has 0 bridgehead atoms. The van der Waals surface area contributed by atoms with Crippen molar-refractivity contribution in [3.63, 3.8) is 0 Å². The van der Waals surface area contributed by atoms with Gasteiger partial charge in [0, 0.05) is 29.7 Å². The number of nitrogens with zero attached hydrogens (tertiary/aromatic N) is 4. The monoisotopic (exact) mass is 364 g/mol. The van der Waals surface area contributed by atoms with E-state index >= 15 is 0 Å². The standard InChI is InChI=1S/C23H16N4O/c28-16-17-4-1-5-18(12-17)19-8-11-26-22(15-24-23(26)14-19)20-6-2-7-21(13-20)27-10-3-9-25-27/h1-16H. The van der Waals surface area contributed by atoms with Gasteiger partial charge in [0.05, 0.1) is 17.6 Å². The van der Waals surface area contributed by atoms with Crippen LogP contribution in [0.25, 0.3) is 33.7 Å². The number of benzene rings is 2. The van der Waals surface area contributed by atoms with Crippen LogP contribution in [-0.2, 0) is 0 Å². The van der Waals surface area contributed by atoms with Crippen LogP contribution >= 0.6 is 0 Å². The van der Waals surface area contributed by atoms with Crippen LogP contribution in [0.2, 0.25) is 0 Å². The molecule has 0 aliphatic heterocycles. The minimum atomic E-state index is 0.664. The summed E-state index contributed by atoms with van der Waals surface area (Å²) in [4.78, 5) is 15.6. The van der Waals surface area contributed by atoms with Gasteiger partial charge in [0.2, 0.25) is 0 Å². The van der Waals surface area contributed by atoms with E-state index in [1.54, 1.807) is 12.3 Å². The lowest BCUT2D eigenvalue weighted by Crippen LogP contribution is -1.95. The average molecular weight is 364 g/mol. The minimum Gasteiger partial charge on any atom is -0.300 e. The maximum Gasteiger partial charge on any atom is 0.150 e. The van der Waals surface area contributed by atoms with Gasteiger partial charge in [-0.2, -0.15) is 5.10 Å². The van der Waals surface area contributed by atoms with E-state index in [2.05, 4.69) is 26.6 Å². The van der Waals surface area contributed by atoms with Crippen LogP contribution in [0.15, 0.2) is 91.5 Å². The highest BCUT2D eigenvalue weighted by Gasteiger charge is 2.09. The number of aromatic nitrogens is 4. The van der Waals surface area contributed by atoms with E-state index in [-0.39, 0.29) is 0 Å². The molecular weight excluding hydrogens is 348 g/mol. The third-order valence-electron chi connectivity index (χ3n) is 4.78. The van der Waals surface area contributed by atoms with Gasteiger partial charge in [0.1, 0.15) is 11.9 Å². The molecule has 2 aromatic carbocycles. The Hall–Kier alpha value is -3.99. The zero-order valence-electron chi connectivity index (χ0n) is 14.9. The molecule has 5 nitrogen and oxygen atoms in total. The highest BCUT2D eigenvalue weighted by molar-refractivity contribution is 5.79. The molecule has 0 aliphatic carbocycles. The van der Waals surface area contributed by atoms with Crippen molar-refractivity contribution < 1.29 is 4.79 Å². The molecule has 3 heterocycles. The van der Waals surface area contributed by atoms with Crippen molar-refractivity contribution in [3.8, 4) is 28.1 Å². The van der Waals surface area contributed by atoms with Crippen LogP contribution in [0.4, 0.5) is 0 Å². The van der Waals surface area contributed by atoms with Gasteiger partial charge in [0.25, 0.3) is 0 Å². The Balaban J connectivity index is 1.57. The molecule has 0 N–H and O–H groups in total. The molecule has 0 unspecified atom stereocenters. The number of rotatable bonds is 4. The van der Waals surface area contributed by atoms with Crippen LogP contribution in [0.3, 0.4) is 0 Å². The van der Waals surface area contributed by atoms with Gasteiger partial charge in [-0.15, -0.1) is 0 Å². The Labute approximate surface area is 161 Å². The summed E-state index contributed by atoms with van der Waals surface area (Å²) < 4.78 is 3.90. The molecule has 0 radical (unpaired) electrons. The number of carbonyl (C=O) groups excluding carboxylic acids is 1. The molecule has 0 fully saturated rings. The molecule has 0 saturated heterocycles. The molecule has 5 aromatic rings. The summed E-state index contributed by atoms with van der Waals surface area (Å²) in [6, 6.07) is 21.8. The molecule has 0 atom stereocenters. The average Bonchev–Trinajstić information content (AvgIpc) is 3.43. The minimum absolute atomic E-state index is 0.664. The number of carbonyl (C=O) groups is 1. The highest BCUT2D eigenvalue weighted by atomic mass is 16.1. The molecule has 0 amide bonds. The Morgan fingerprint density at radius 3 is 2.54 bits per heavy atom. The Morgan fingerprint density at radius 1 is 0.821 bits per heavy atom. The summed E-state index contributed by atoms with van der Waals surface area (Å²) in [7, 11) is 0. The lowest BCUT2D eigenvalue weighted by atomic mass is 10.0. The zero-order valence-corrected chi connectivity index (χ0v) is 14.9. The van der Waals surface area contributed by atoms with Crippen molar-refractivity contribution in [1.29, 1.82) is 0 Å². The van der Waals surface area contributed by atoms with E-state index in [0.717, 1.165) is 40.0 Å². The van der Waals surface area contributed by atoms with Crippen molar-refractivity contribution in [1.82, 2.24) is 19.2 Å². The molecule has 3 aromatic heterocycles. The number of pyridine rings is 1. The quantitative estimate of drug-likeness (QED) is 0.436. The maximum absolute atomic E-state index is 11.1. The van der Waals surface area contributed by atoms with Gasteiger partial charge in [-0.3, -0.25) is 9.20 Å². The van der Waals surface area contributed by atoms with Gasteiger partial charge in [-0.25, -0.2) is 9.67 Å². The van der Waals surface area contributed by atoms with E-state index < -0.39 is 0 Å². The lowest BCUT2D eigenvalue weighted by Gasteiger charge is -2.07. The van der Waals surface area contributed by atoms with Gasteiger partial charge >= 0.3 is 0 Å². The van der Waals surface area contributed by atoms with E-state index in [0.29, 0.717) is 5.56 Å². The molecule has 0 aliphatic rings. The van der Waals surface area contributed by atoms with Gasteiger partial charge < -0.3 is 0 Å². The maximum atomic E-state index is 11.1. The fourth-order valence-corrected chi connectivity index (χ4v) is 3.39. The molecule has 0 spiro atoms. The molecule has 28 heavy (non-hydrogen) atoms. The first-order chi connectivity index (χ1) is 13.8. The second-order valence-corrected chi connectivity index (χ2v) is 6.53. The predicted octanol–water partition coefficient (Wildman–Crippen LogP) is 4.67. The summed E-state index contributed by atoms with van der Waals surface area (Å²) in [5.74, 6) is 0. The summed E-state index contributed by atoms with van der Waals surface area (Å²) >= 11 is 0.